The standard InChI is InChI=1S/C21H28N2O3/c1-26-19(24)18-4-2-14(3-5-18)12-22-20(25)23-13-21-9-15-6-16(10-21)8-17(7-15)11-21/h2-5,15-17H,6-13H2,1H3,(H2,22,23,25). The molecule has 5 nitrogen and oxygen atoms in total. The number of benzene rings is 1. The first kappa shape index (κ1) is 17.4. The largest absolute Gasteiger partial charge is 0.465 e. The molecule has 4 saturated carbocycles. The second-order valence-corrected chi connectivity index (χ2v) is 8.64. The van der Waals surface area contributed by atoms with Gasteiger partial charge < -0.3 is 15.4 Å². The maximum absolute atomic E-state index is 12.2. The van der Waals surface area contributed by atoms with Gasteiger partial charge in [-0.2, -0.15) is 0 Å². The van der Waals surface area contributed by atoms with E-state index < -0.39 is 0 Å². The molecule has 1 aromatic rings. The minimum absolute atomic E-state index is 0.0993. The zero-order chi connectivity index (χ0) is 18.1. The van der Waals surface area contributed by atoms with Gasteiger partial charge in [-0.1, -0.05) is 12.1 Å². The van der Waals surface area contributed by atoms with E-state index >= 15 is 0 Å². The van der Waals surface area contributed by atoms with Crippen molar-refractivity contribution in [2.45, 2.75) is 45.1 Å². The molecule has 0 unspecified atom stereocenters. The first-order valence-electron chi connectivity index (χ1n) is 9.74. The van der Waals surface area contributed by atoms with E-state index in [-0.39, 0.29) is 12.0 Å². The van der Waals surface area contributed by atoms with Crippen LogP contribution in [0.25, 0.3) is 0 Å². The molecule has 0 radical (unpaired) electrons. The fourth-order valence-corrected chi connectivity index (χ4v) is 5.90. The fraction of sp³-hybridized carbons (Fsp3) is 0.619. The smallest absolute Gasteiger partial charge is 0.337 e. The summed E-state index contributed by atoms with van der Waals surface area (Å²) in [6.45, 7) is 1.26. The minimum atomic E-state index is -0.349. The second-order valence-electron chi connectivity index (χ2n) is 8.64. The predicted molar refractivity (Wildman–Crippen MR) is 98.6 cm³/mol. The highest BCUT2D eigenvalue weighted by Crippen LogP contribution is 2.59. The van der Waals surface area contributed by atoms with E-state index in [2.05, 4.69) is 15.4 Å². The highest BCUT2D eigenvalue weighted by atomic mass is 16.5. The summed E-state index contributed by atoms with van der Waals surface area (Å²) < 4.78 is 4.69. The van der Waals surface area contributed by atoms with Gasteiger partial charge in [0, 0.05) is 13.1 Å². The SMILES string of the molecule is COC(=O)c1ccc(CNC(=O)NCC23CC4CC(CC(C4)C2)C3)cc1. The average molecular weight is 356 g/mol. The maximum Gasteiger partial charge on any atom is 0.337 e. The number of esters is 1. The summed E-state index contributed by atoms with van der Waals surface area (Å²) in [7, 11) is 1.37. The van der Waals surface area contributed by atoms with E-state index in [9.17, 15) is 9.59 Å². The third-order valence-corrected chi connectivity index (χ3v) is 6.62. The molecule has 1 aromatic carbocycles. The van der Waals surface area contributed by atoms with Gasteiger partial charge in [-0.3, -0.25) is 0 Å². The molecule has 4 fully saturated rings. The van der Waals surface area contributed by atoms with Crippen LogP contribution in [0.4, 0.5) is 4.79 Å². The lowest BCUT2D eigenvalue weighted by Crippen LogP contribution is -2.52. The molecule has 4 aliphatic carbocycles. The molecule has 2 amide bonds. The van der Waals surface area contributed by atoms with Crippen LogP contribution in [-0.4, -0.2) is 25.7 Å². The zero-order valence-electron chi connectivity index (χ0n) is 15.4. The van der Waals surface area contributed by atoms with Crippen molar-refractivity contribution in [3.63, 3.8) is 0 Å². The van der Waals surface area contributed by atoms with Gasteiger partial charge in [-0.15, -0.1) is 0 Å². The number of amides is 2. The van der Waals surface area contributed by atoms with Gasteiger partial charge in [0.05, 0.1) is 12.7 Å². The van der Waals surface area contributed by atoms with Crippen LogP contribution in [0, 0.1) is 23.2 Å². The Labute approximate surface area is 154 Å². The number of methoxy groups -OCH3 is 1. The van der Waals surface area contributed by atoms with E-state index in [1.807, 2.05) is 12.1 Å². The molecule has 0 saturated heterocycles. The van der Waals surface area contributed by atoms with E-state index in [4.69, 9.17) is 0 Å². The summed E-state index contributed by atoms with van der Waals surface area (Å²) in [5, 5.41) is 6.05. The minimum Gasteiger partial charge on any atom is -0.465 e. The van der Waals surface area contributed by atoms with Crippen LogP contribution in [0.3, 0.4) is 0 Å². The first-order chi connectivity index (χ1) is 12.5. The van der Waals surface area contributed by atoms with Gasteiger partial charge in [0.1, 0.15) is 0 Å². The zero-order valence-corrected chi connectivity index (χ0v) is 15.4. The summed E-state index contributed by atoms with van der Waals surface area (Å²) in [6.07, 6.45) is 8.17. The highest BCUT2D eigenvalue weighted by molar-refractivity contribution is 5.89. The van der Waals surface area contributed by atoms with Crippen LogP contribution in [0.2, 0.25) is 0 Å². The third-order valence-electron chi connectivity index (χ3n) is 6.62. The number of hydrogen-bond donors (Lipinski definition) is 2. The fourth-order valence-electron chi connectivity index (χ4n) is 5.90. The van der Waals surface area contributed by atoms with Crippen molar-refractivity contribution in [1.29, 1.82) is 0 Å². The molecule has 0 aromatic heterocycles. The number of rotatable bonds is 5. The molecule has 26 heavy (non-hydrogen) atoms. The Kier molecular flexibility index (Phi) is 4.63. The molecular formula is C21H28N2O3. The van der Waals surface area contributed by atoms with Crippen LogP contribution in [0.5, 0.6) is 0 Å². The Morgan fingerprint density at radius 2 is 1.58 bits per heavy atom. The van der Waals surface area contributed by atoms with Crippen molar-refractivity contribution in [1.82, 2.24) is 10.6 Å². The maximum atomic E-state index is 12.2. The number of carbonyl (C=O) groups is 2. The Morgan fingerprint density at radius 1 is 1.00 bits per heavy atom. The normalized spacial score (nSPS) is 31.5. The van der Waals surface area contributed by atoms with Crippen molar-refractivity contribution in [2.75, 3.05) is 13.7 Å². The van der Waals surface area contributed by atoms with Gasteiger partial charge in [-0.25, -0.2) is 9.59 Å². The van der Waals surface area contributed by atoms with Crippen molar-refractivity contribution in [2.24, 2.45) is 23.2 Å². The van der Waals surface area contributed by atoms with Gasteiger partial charge in [0.15, 0.2) is 0 Å². The van der Waals surface area contributed by atoms with E-state index in [0.717, 1.165) is 29.9 Å². The molecule has 4 bridgehead atoms. The lowest BCUT2D eigenvalue weighted by atomic mass is 9.49. The molecule has 0 spiro atoms. The molecule has 2 N–H and O–H groups in total. The summed E-state index contributed by atoms with van der Waals surface area (Å²) in [5.74, 6) is 2.36. The number of carbonyl (C=O) groups excluding carboxylic acids is 2. The molecule has 5 heteroatoms. The quantitative estimate of drug-likeness (QED) is 0.794. The van der Waals surface area contributed by atoms with Crippen molar-refractivity contribution in [3.05, 3.63) is 35.4 Å². The van der Waals surface area contributed by atoms with Crippen molar-refractivity contribution >= 4 is 12.0 Å². The van der Waals surface area contributed by atoms with Gasteiger partial charge in [-0.05, 0) is 79.4 Å². The predicted octanol–water partition coefficient (Wildman–Crippen LogP) is 3.49. The first-order valence-corrected chi connectivity index (χ1v) is 9.74. The van der Waals surface area contributed by atoms with Gasteiger partial charge in [0.2, 0.25) is 0 Å². The van der Waals surface area contributed by atoms with Crippen molar-refractivity contribution in [3.8, 4) is 0 Å². The summed E-state index contributed by atoms with van der Waals surface area (Å²) in [6, 6.07) is 7.02. The number of hydrogen-bond acceptors (Lipinski definition) is 3. The number of nitrogens with one attached hydrogen (secondary N) is 2. The molecule has 0 aliphatic heterocycles. The Bertz CT molecular complexity index is 648. The van der Waals surface area contributed by atoms with E-state index in [1.54, 1.807) is 12.1 Å². The molecule has 140 valence electrons. The van der Waals surface area contributed by atoms with Gasteiger partial charge >= 0.3 is 12.0 Å². The molecular weight excluding hydrogens is 328 g/mol. The van der Waals surface area contributed by atoms with Crippen LogP contribution >= 0.6 is 0 Å². The molecule has 4 aliphatic rings. The Morgan fingerprint density at radius 3 is 2.12 bits per heavy atom. The topological polar surface area (TPSA) is 67.4 Å². The third kappa shape index (κ3) is 3.57. The van der Waals surface area contributed by atoms with E-state index in [0.29, 0.717) is 17.5 Å². The monoisotopic (exact) mass is 356 g/mol. The second kappa shape index (κ2) is 6.93. The lowest BCUT2D eigenvalue weighted by molar-refractivity contribution is -0.0498. The Hall–Kier alpha value is -2.04. The number of ether oxygens (including phenoxy) is 1. The summed E-state index contributed by atoms with van der Waals surface area (Å²) in [5.41, 5.74) is 1.83. The molecule has 5 rings (SSSR count). The number of urea groups is 1. The average Bonchev–Trinajstić information content (AvgIpc) is 2.63. The Balaban J connectivity index is 1.25. The van der Waals surface area contributed by atoms with Crippen LogP contribution in [0.1, 0.15) is 54.4 Å². The van der Waals surface area contributed by atoms with Gasteiger partial charge in [0.25, 0.3) is 0 Å². The van der Waals surface area contributed by atoms with Crippen LogP contribution in [-0.2, 0) is 11.3 Å². The van der Waals surface area contributed by atoms with Crippen LogP contribution in [0.15, 0.2) is 24.3 Å². The lowest BCUT2D eigenvalue weighted by Gasteiger charge is -2.56. The molecule has 0 atom stereocenters. The van der Waals surface area contributed by atoms with Crippen LogP contribution < -0.4 is 10.6 Å². The molecule has 0 heterocycles. The summed E-state index contributed by atoms with van der Waals surface area (Å²) >= 11 is 0. The van der Waals surface area contributed by atoms with Crippen molar-refractivity contribution < 1.29 is 14.3 Å². The van der Waals surface area contributed by atoms with E-state index in [1.165, 1.54) is 45.6 Å². The summed E-state index contributed by atoms with van der Waals surface area (Å²) in [4.78, 5) is 23.7. The highest BCUT2D eigenvalue weighted by Gasteiger charge is 2.50.